The molecule has 3 atom stereocenters. The molecule has 0 spiro atoms. The molecule has 7 rings (SSSR count). The van der Waals surface area contributed by atoms with Crippen molar-refractivity contribution in [2.45, 2.75) is 63.2 Å². The van der Waals surface area contributed by atoms with Crippen molar-refractivity contribution in [1.82, 2.24) is 19.9 Å². The summed E-state index contributed by atoms with van der Waals surface area (Å²) < 4.78 is 25.6. The minimum Gasteiger partial charge on any atom is -0.497 e. The summed E-state index contributed by atoms with van der Waals surface area (Å²) in [5.41, 5.74) is 10.3. The number of carbonyl (C=O) groups is 1. The molecule has 3 heterocycles. The highest BCUT2D eigenvalue weighted by Gasteiger charge is 2.49. The number of aromatic amines is 1. The lowest BCUT2D eigenvalue weighted by molar-refractivity contribution is -0.0329. The topological polar surface area (TPSA) is 125 Å². The minimum absolute atomic E-state index is 0.163. The number of fused-ring (bicyclic) bond motifs is 1. The van der Waals surface area contributed by atoms with E-state index in [1.54, 1.807) is 12.0 Å². The number of benzene rings is 4. The Morgan fingerprint density at radius 2 is 1.43 bits per heavy atom. The van der Waals surface area contributed by atoms with Crippen LogP contribution in [0, 0.1) is 0 Å². The number of nitrogens with zero attached hydrogens (tertiary/aromatic N) is 3. The zero-order valence-corrected chi connectivity index (χ0v) is 30.4. The fourth-order valence-electron chi connectivity index (χ4n) is 7.27. The summed E-state index contributed by atoms with van der Waals surface area (Å²) in [5.74, 6) is 1.08. The highest BCUT2D eigenvalue weighted by molar-refractivity contribution is 5.88. The molecule has 0 aliphatic carbocycles. The molecule has 1 saturated heterocycles. The molecule has 10 nitrogen and oxygen atoms in total. The van der Waals surface area contributed by atoms with Crippen molar-refractivity contribution in [3.8, 4) is 5.75 Å². The molecule has 53 heavy (non-hydrogen) atoms. The Hall–Kier alpha value is -5.71. The lowest BCUT2D eigenvalue weighted by Gasteiger charge is -2.38. The number of nitrogen functional groups attached to an aromatic ring is 1. The average Bonchev–Trinajstić information content (AvgIpc) is 3.77. The molecule has 0 saturated carbocycles. The van der Waals surface area contributed by atoms with E-state index in [1.165, 1.54) is 6.33 Å². The average molecular weight is 712 g/mol. The molecule has 1 aliphatic heterocycles. The van der Waals surface area contributed by atoms with Gasteiger partial charge < -0.3 is 29.7 Å². The Morgan fingerprint density at radius 1 is 0.849 bits per heavy atom. The molecule has 0 bridgehead atoms. The number of rotatable bonds is 11. The molecular weight excluding hydrogens is 667 g/mol. The number of hydrogen-bond acceptors (Lipinski definition) is 8. The Kier molecular flexibility index (Phi) is 10.2. The smallest absolute Gasteiger partial charge is 0.411 e. The first-order valence-corrected chi connectivity index (χ1v) is 17.8. The van der Waals surface area contributed by atoms with E-state index in [4.69, 9.17) is 24.7 Å². The van der Waals surface area contributed by atoms with Crippen LogP contribution in [-0.4, -0.2) is 57.4 Å². The van der Waals surface area contributed by atoms with E-state index in [2.05, 4.69) is 51.4 Å². The third kappa shape index (κ3) is 7.33. The van der Waals surface area contributed by atoms with Crippen LogP contribution >= 0.6 is 0 Å². The number of nitrogens with one attached hydrogen (secondary N) is 1. The number of anilines is 1. The van der Waals surface area contributed by atoms with Crippen molar-refractivity contribution in [1.29, 1.82) is 0 Å². The van der Waals surface area contributed by atoms with Crippen LogP contribution in [0.5, 0.6) is 5.75 Å². The van der Waals surface area contributed by atoms with Gasteiger partial charge in [-0.1, -0.05) is 103 Å². The molecule has 6 aromatic rings. The van der Waals surface area contributed by atoms with Crippen LogP contribution in [-0.2, 0) is 26.4 Å². The number of aromatic nitrogens is 3. The third-order valence-electron chi connectivity index (χ3n) is 9.65. The van der Waals surface area contributed by atoms with Gasteiger partial charge in [-0.25, -0.2) is 14.8 Å². The van der Waals surface area contributed by atoms with Gasteiger partial charge in [-0.3, -0.25) is 4.90 Å². The predicted molar refractivity (Wildman–Crippen MR) is 204 cm³/mol. The monoisotopic (exact) mass is 711 g/mol. The lowest BCUT2D eigenvalue weighted by Crippen LogP contribution is -2.45. The first-order valence-electron chi connectivity index (χ1n) is 17.8. The largest absolute Gasteiger partial charge is 0.497 e. The van der Waals surface area contributed by atoms with Gasteiger partial charge in [-0.2, -0.15) is 0 Å². The van der Waals surface area contributed by atoms with Crippen LogP contribution in [0.15, 0.2) is 128 Å². The Morgan fingerprint density at radius 3 is 1.98 bits per heavy atom. The quantitative estimate of drug-likeness (QED) is 0.129. The van der Waals surface area contributed by atoms with Crippen molar-refractivity contribution in [2.24, 2.45) is 0 Å². The van der Waals surface area contributed by atoms with Crippen LogP contribution in [0.3, 0.4) is 0 Å². The molecule has 4 aromatic carbocycles. The Bertz CT molecular complexity index is 2020. The van der Waals surface area contributed by atoms with Crippen molar-refractivity contribution in [3.05, 3.63) is 156 Å². The van der Waals surface area contributed by atoms with Gasteiger partial charge in [0.1, 0.15) is 28.8 Å². The summed E-state index contributed by atoms with van der Waals surface area (Å²) in [6.07, 6.45) is 2.79. The molecule has 272 valence electrons. The molecular formula is C43H45N5O5. The van der Waals surface area contributed by atoms with Gasteiger partial charge in [0.25, 0.3) is 0 Å². The molecule has 10 heteroatoms. The zero-order valence-electron chi connectivity index (χ0n) is 30.4. The number of carbonyl (C=O) groups excluding carboxylic acids is 1. The molecule has 2 aromatic heterocycles. The van der Waals surface area contributed by atoms with Crippen LogP contribution < -0.4 is 10.5 Å². The lowest BCUT2D eigenvalue weighted by atomic mass is 9.80. The van der Waals surface area contributed by atoms with E-state index in [0.717, 1.165) is 33.6 Å². The van der Waals surface area contributed by atoms with Crippen LogP contribution in [0.25, 0.3) is 11.0 Å². The summed E-state index contributed by atoms with van der Waals surface area (Å²) in [4.78, 5) is 28.3. The number of amides is 1. The maximum Gasteiger partial charge on any atom is 0.411 e. The van der Waals surface area contributed by atoms with Gasteiger partial charge in [0.05, 0.1) is 44.0 Å². The van der Waals surface area contributed by atoms with E-state index in [0.29, 0.717) is 29.9 Å². The molecule has 1 fully saturated rings. The first kappa shape index (κ1) is 35.7. The molecule has 0 radical (unpaired) electrons. The van der Waals surface area contributed by atoms with Crippen LogP contribution in [0.2, 0.25) is 0 Å². The highest BCUT2D eigenvalue weighted by Crippen LogP contribution is 2.45. The number of likely N-dealkylation sites (tertiary alicyclic amines) is 1. The van der Waals surface area contributed by atoms with Crippen molar-refractivity contribution in [2.75, 3.05) is 19.5 Å². The maximum absolute atomic E-state index is 14.5. The zero-order chi connectivity index (χ0) is 37.0. The summed E-state index contributed by atoms with van der Waals surface area (Å²) in [7, 11) is 1.64. The van der Waals surface area contributed by atoms with Gasteiger partial charge >= 0.3 is 6.09 Å². The fourth-order valence-corrected chi connectivity index (χ4v) is 7.27. The van der Waals surface area contributed by atoms with Gasteiger partial charge in [-0.15, -0.1) is 0 Å². The predicted octanol–water partition coefficient (Wildman–Crippen LogP) is 8.19. The van der Waals surface area contributed by atoms with Gasteiger partial charge in [0.15, 0.2) is 5.82 Å². The van der Waals surface area contributed by atoms with Gasteiger partial charge in [-0.05, 0) is 61.6 Å². The molecule has 1 aliphatic rings. The van der Waals surface area contributed by atoms with Crippen molar-refractivity contribution in [3.63, 3.8) is 0 Å². The summed E-state index contributed by atoms with van der Waals surface area (Å²) in [6, 6.07) is 37.3. The second-order valence-electron chi connectivity index (χ2n) is 14.2. The van der Waals surface area contributed by atoms with Gasteiger partial charge in [0, 0.05) is 11.8 Å². The van der Waals surface area contributed by atoms with Crippen molar-refractivity contribution >= 4 is 22.9 Å². The number of methoxy groups -OCH3 is 1. The van der Waals surface area contributed by atoms with E-state index in [1.807, 2.05) is 106 Å². The maximum atomic E-state index is 14.5. The minimum atomic E-state index is -0.997. The summed E-state index contributed by atoms with van der Waals surface area (Å²) in [6.45, 7) is 6.07. The Balaban J connectivity index is 1.33. The number of ether oxygens (including phenoxy) is 4. The van der Waals surface area contributed by atoms with E-state index in [9.17, 15) is 4.79 Å². The van der Waals surface area contributed by atoms with Gasteiger partial charge in [0.2, 0.25) is 0 Å². The number of hydrogen-bond donors (Lipinski definition) is 2. The Labute approximate surface area is 309 Å². The molecule has 3 N–H and O–H groups in total. The van der Waals surface area contributed by atoms with Crippen LogP contribution in [0.4, 0.5) is 10.6 Å². The standard InChI is InChI=1S/C43H45N5O5/c1-42(2,3)53-41(49)48-33(27-52-43(30-14-8-5-9-15-30,31-16-10-6-11-17-31)32-18-12-7-13-19-32)24-36(51-26-29-20-22-34(50-4)23-21-29)39(48)35-25-45-38-37(35)46-28-47-40(38)44/h5-23,25,28,33,36,39,45H,24,26-27H2,1-4H3,(H2,44,46,47)/t33?,36-,39?/m1/s1. The normalized spacial score (nSPS) is 17.6. The number of nitrogens with two attached hydrogens (primary N) is 1. The summed E-state index contributed by atoms with van der Waals surface area (Å²) >= 11 is 0. The number of H-pyrrole nitrogens is 1. The highest BCUT2D eigenvalue weighted by atomic mass is 16.6. The second-order valence-corrected chi connectivity index (χ2v) is 14.2. The van der Waals surface area contributed by atoms with E-state index < -0.39 is 35.5 Å². The first-order chi connectivity index (χ1) is 25.7. The molecule has 2 unspecified atom stereocenters. The van der Waals surface area contributed by atoms with E-state index >= 15 is 0 Å². The molecule has 1 amide bonds. The third-order valence-corrected chi connectivity index (χ3v) is 9.65. The second kappa shape index (κ2) is 15.1. The summed E-state index contributed by atoms with van der Waals surface area (Å²) in [5, 5.41) is 0. The van der Waals surface area contributed by atoms with E-state index in [-0.39, 0.29) is 6.61 Å². The van der Waals surface area contributed by atoms with Crippen LogP contribution in [0.1, 0.15) is 61.1 Å². The SMILES string of the molecule is COc1ccc(CO[C@@H]2CC(COC(c3ccccc3)(c3ccccc3)c3ccccc3)N(C(=O)OC(C)(C)C)C2c2c[nH]c3c(N)ncnc23)cc1. The fraction of sp³-hybridized carbons (Fsp3) is 0.279. The van der Waals surface area contributed by atoms with Crippen molar-refractivity contribution < 1.29 is 23.7 Å².